The Labute approximate surface area is 215 Å². The van der Waals surface area contributed by atoms with E-state index >= 15 is 0 Å². The van der Waals surface area contributed by atoms with E-state index in [1.807, 2.05) is 42.2 Å². The van der Waals surface area contributed by atoms with E-state index in [2.05, 4.69) is 16.0 Å². The molecule has 1 aromatic carbocycles. The Bertz CT molecular complexity index is 1130. The molecule has 3 aromatic rings. The molecule has 0 unspecified atom stereocenters. The molecule has 2 aliphatic heterocycles. The molecule has 4 heterocycles. The standard InChI is InChI=1S/C25H29F3IN3OS/c1-16-13-19-18-5-2-3-6-20(18)30-23(19)24(32(16)15-25(27,28)29)21-7-8-22(34-21)33-17-9-12-31(14-17)11-4-10-26/h2-3,5-8,16-17,24,30H,4,9-15H2,1H3/t16-,17-,24-/m1/s1. The summed E-state index contributed by atoms with van der Waals surface area (Å²) in [7, 11) is 0. The number of alkyl halides is 4. The summed E-state index contributed by atoms with van der Waals surface area (Å²) in [5.41, 5.74) is 3.27. The molecular weight excluding hydrogens is 574 g/mol. The van der Waals surface area contributed by atoms with Crippen LogP contribution in [0.3, 0.4) is 0 Å². The van der Waals surface area contributed by atoms with Crippen molar-refractivity contribution < 1.29 is 17.9 Å². The van der Waals surface area contributed by atoms with Crippen LogP contribution in [0.2, 0.25) is 0 Å². The molecule has 1 N–H and O–H groups in total. The van der Waals surface area contributed by atoms with E-state index in [0.29, 0.717) is 6.42 Å². The highest BCUT2D eigenvalue weighted by atomic mass is 127. The van der Waals surface area contributed by atoms with Crippen LogP contribution in [0.15, 0.2) is 36.4 Å². The number of nitrogens with zero attached hydrogens (tertiary/aromatic N) is 2. The molecule has 3 atom stereocenters. The summed E-state index contributed by atoms with van der Waals surface area (Å²) in [5, 5.41) is 1.98. The van der Waals surface area contributed by atoms with Crippen molar-refractivity contribution in [2.45, 2.75) is 48.3 Å². The number of aromatic amines is 1. The van der Waals surface area contributed by atoms with Gasteiger partial charge < -0.3 is 9.72 Å². The van der Waals surface area contributed by atoms with Crippen LogP contribution in [0.25, 0.3) is 10.9 Å². The molecule has 184 valence electrons. The van der Waals surface area contributed by atoms with Crippen LogP contribution in [0.1, 0.15) is 41.9 Å². The third kappa shape index (κ3) is 5.12. The van der Waals surface area contributed by atoms with Crippen LogP contribution in [-0.2, 0) is 6.42 Å². The third-order valence-electron chi connectivity index (χ3n) is 6.87. The maximum atomic E-state index is 14.2. The summed E-state index contributed by atoms with van der Waals surface area (Å²) in [6.07, 6.45) is 2.28. The lowest BCUT2D eigenvalue weighted by Gasteiger charge is -2.41. The molecule has 4 nitrogen and oxygen atoms in total. The van der Waals surface area contributed by atoms with E-state index in [1.54, 1.807) is 11.3 Å². The van der Waals surface area contributed by atoms with E-state index in [9.17, 15) is 13.2 Å². The van der Waals surface area contributed by atoms with Crippen LogP contribution in [0.5, 0.6) is 5.06 Å². The lowest BCUT2D eigenvalue weighted by molar-refractivity contribution is 0.0340. The fraction of sp³-hybridized carbons (Fsp3) is 0.520. The number of likely N-dealkylation sites (tertiary alicyclic amines) is 1. The van der Waals surface area contributed by atoms with E-state index in [-0.39, 0.29) is 31.4 Å². The average molecular weight is 603 g/mol. The molecule has 5 rings (SSSR count). The predicted octanol–water partition coefficient (Wildman–Crippen LogP) is 6.41. The van der Waals surface area contributed by atoms with E-state index in [1.165, 1.54) is 33.5 Å². The molecule has 9 heteroatoms. The molecule has 0 bridgehead atoms. The van der Waals surface area contributed by atoms with Crippen molar-refractivity contribution in [2.75, 3.05) is 32.9 Å². The molecule has 34 heavy (non-hydrogen) atoms. The van der Waals surface area contributed by atoms with Crippen molar-refractivity contribution in [1.29, 1.82) is 0 Å². The number of nitrogens with one attached hydrogen (secondary N) is 1. The smallest absolute Gasteiger partial charge is 0.308 e. The quantitative estimate of drug-likeness (QED) is 0.239. The fourth-order valence-electron chi connectivity index (χ4n) is 5.36. The molecule has 0 spiro atoms. The maximum absolute atomic E-state index is 14.2. The minimum atomic E-state index is -2.82. The first-order chi connectivity index (χ1) is 16.3. The van der Waals surface area contributed by atoms with Crippen molar-refractivity contribution in [3.8, 4) is 5.06 Å². The highest BCUT2D eigenvalue weighted by Gasteiger charge is 2.41. The fourth-order valence-corrected chi connectivity index (χ4v) is 6.80. The van der Waals surface area contributed by atoms with E-state index in [0.717, 1.165) is 53.6 Å². The minimum absolute atomic E-state index is 0.0253. The first-order valence-corrected chi connectivity index (χ1v) is 13.7. The van der Waals surface area contributed by atoms with E-state index < -0.39 is 3.93 Å². The van der Waals surface area contributed by atoms with Crippen molar-refractivity contribution in [3.05, 3.63) is 52.5 Å². The highest BCUT2D eigenvalue weighted by molar-refractivity contribution is 14.1. The number of ether oxygens (including phenoxy) is 1. The van der Waals surface area contributed by atoms with Crippen molar-refractivity contribution in [1.82, 2.24) is 14.8 Å². The zero-order valence-electron chi connectivity index (χ0n) is 19.1. The second kappa shape index (κ2) is 9.99. The van der Waals surface area contributed by atoms with Gasteiger partial charge >= 0.3 is 3.93 Å². The molecule has 0 radical (unpaired) electrons. The zero-order chi connectivity index (χ0) is 23.9. The number of hydrogen-bond acceptors (Lipinski definition) is 4. The van der Waals surface area contributed by atoms with Crippen LogP contribution < -0.4 is 4.74 Å². The Hall–Kier alpha value is -1.30. The lowest BCUT2D eigenvalue weighted by atomic mass is 9.91. The Morgan fingerprint density at radius 1 is 1.24 bits per heavy atom. The summed E-state index contributed by atoms with van der Waals surface area (Å²) >= 11 is 2.79. The number of thiophene rings is 1. The van der Waals surface area contributed by atoms with Gasteiger partial charge in [0.05, 0.1) is 19.3 Å². The summed E-state index contributed by atoms with van der Waals surface area (Å²) in [4.78, 5) is 8.71. The largest absolute Gasteiger partial charge is 0.479 e. The number of benzene rings is 1. The van der Waals surface area contributed by atoms with Crippen LogP contribution in [0.4, 0.5) is 13.2 Å². The monoisotopic (exact) mass is 603 g/mol. The second-order valence-electron chi connectivity index (χ2n) is 9.33. The first-order valence-electron chi connectivity index (χ1n) is 11.8. The maximum Gasteiger partial charge on any atom is 0.308 e. The normalized spacial score (nSPS) is 24.1. The zero-order valence-corrected chi connectivity index (χ0v) is 22.0. The molecular formula is C25H29F3IN3OS. The van der Waals surface area contributed by atoms with Gasteiger partial charge in [0.25, 0.3) is 0 Å². The van der Waals surface area contributed by atoms with E-state index in [4.69, 9.17) is 4.74 Å². The van der Waals surface area contributed by atoms with Gasteiger partial charge in [-0.15, -0.1) is 11.3 Å². The number of para-hydroxylation sites is 1. The van der Waals surface area contributed by atoms with Gasteiger partial charge in [-0.3, -0.25) is 14.2 Å². The molecule has 2 aromatic heterocycles. The van der Waals surface area contributed by atoms with Crippen LogP contribution in [0, 0.1) is 0 Å². The number of halogens is 4. The van der Waals surface area contributed by atoms with Crippen LogP contribution >= 0.6 is 33.9 Å². The lowest BCUT2D eigenvalue weighted by Crippen LogP contribution is -2.46. The van der Waals surface area contributed by atoms with Gasteiger partial charge in [0, 0.05) is 69.7 Å². The topological polar surface area (TPSA) is 31.5 Å². The number of hydrogen-bond donors (Lipinski definition) is 1. The Morgan fingerprint density at radius 2 is 2.06 bits per heavy atom. The summed E-state index contributed by atoms with van der Waals surface area (Å²) < 4.78 is 44.4. The predicted molar refractivity (Wildman–Crippen MR) is 139 cm³/mol. The highest BCUT2D eigenvalue weighted by Crippen LogP contribution is 2.45. The van der Waals surface area contributed by atoms with Gasteiger partial charge in [0.1, 0.15) is 6.10 Å². The molecule has 0 amide bonds. The van der Waals surface area contributed by atoms with Gasteiger partial charge in [-0.1, -0.05) is 18.2 Å². The third-order valence-corrected chi connectivity index (χ3v) is 8.24. The molecule has 2 aliphatic rings. The number of rotatable bonds is 8. The van der Waals surface area contributed by atoms with Crippen molar-refractivity contribution in [3.63, 3.8) is 0 Å². The molecule has 1 fully saturated rings. The SMILES string of the molecule is C[C@@H]1Cc2c([nH]c3ccccc23)[C@@H](c2ccc(O[C@@H]3CCN(CCCF)C3)s2)N1CC(F)(F)I. The van der Waals surface area contributed by atoms with Gasteiger partial charge in [-0.2, -0.15) is 8.78 Å². The van der Waals surface area contributed by atoms with Gasteiger partial charge in [0.15, 0.2) is 5.06 Å². The number of fused-ring (bicyclic) bond motifs is 3. The summed E-state index contributed by atoms with van der Waals surface area (Å²) in [6.45, 7) is 3.91. The van der Waals surface area contributed by atoms with Gasteiger partial charge in [-0.25, -0.2) is 0 Å². The average Bonchev–Trinajstić information content (AvgIpc) is 3.51. The summed E-state index contributed by atoms with van der Waals surface area (Å²) in [5.74, 6) is 0. The van der Waals surface area contributed by atoms with Crippen molar-refractivity contribution >= 4 is 44.8 Å². The summed E-state index contributed by atoms with van der Waals surface area (Å²) in [6, 6.07) is 11.9. The first kappa shape index (κ1) is 24.4. The second-order valence-corrected chi connectivity index (χ2v) is 12.0. The van der Waals surface area contributed by atoms with Crippen LogP contribution in [-0.4, -0.2) is 63.7 Å². The van der Waals surface area contributed by atoms with Gasteiger partial charge in [0.2, 0.25) is 0 Å². The van der Waals surface area contributed by atoms with Crippen molar-refractivity contribution in [2.24, 2.45) is 0 Å². The molecule has 0 saturated carbocycles. The number of H-pyrrole nitrogens is 1. The Balaban J connectivity index is 1.43. The Morgan fingerprint density at radius 3 is 2.85 bits per heavy atom. The number of aromatic nitrogens is 1. The molecule has 1 saturated heterocycles. The minimum Gasteiger partial charge on any atom is -0.479 e. The molecule has 0 aliphatic carbocycles. The Kier molecular flexibility index (Phi) is 7.17. The van der Waals surface area contributed by atoms with Gasteiger partial charge in [-0.05, 0) is 49.9 Å².